The molecule has 4 saturated heterocycles. The minimum absolute atomic E-state index is 0.0302. The number of epoxide rings is 2. The largest absolute Gasteiger partial charge is 0.463 e. The summed E-state index contributed by atoms with van der Waals surface area (Å²) < 4.78 is 36.7. The zero-order valence-electron chi connectivity index (χ0n) is 22.5. The number of rotatable bonds is 1. The molecular weight excluding hydrogens is 508 g/mol. The summed E-state index contributed by atoms with van der Waals surface area (Å²) >= 11 is 0. The van der Waals surface area contributed by atoms with E-state index in [9.17, 15) is 19.8 Å². The first-order valence-corrected chi connectivity index (χ1v) is 13.9. The molecule has 7 aliphatic rings. The maximum Gasteiger partial charge on any atom is 0.338 e. The summed E-state index contributed by atoms with van der Waals surface area (Å²) in [7, 11) is 0. The predicted molar refractivity (Wildman–Crippen MR) is 133 cm³/mol. The molecule has 7 rings (SSSR count). The zero-order chi connectivity index (χ0) is 27.4. The van der Waals surface area contributed by atoms with Gasteiger partial charge in [-0.1, -0.05) is 30.7 Å². The van der Waals surface area contributed by atoms with Gasteiger partial charge >= 0.3 is 11.9 Å². The smallest absolute Gasteiger partial charge is 0.338 e. The van der Waals surface area contributed by atoms with Gasteiger partial charge < -0.3 is 38.6 Å². The fourth-order valence-corrected chi connectivity index (χ4v) is 8.37. The lowest BCUT2D eigenvalue weighted by molar-refractivity contribution is -0.233. The Bertz CT molecular complexity index is 1190. The molecule has 3 spiro atoms. The third kappa shape index (κ3) is 3.18. The summed E-state index contributed by atoms with van der Waals surface area (Å²) in [5.41, 5.74) is -3.53. The van der Waals surface area contributed by atoms with E-state index in [0.717, 1.165) is 6.42 Å². The summed E-state index contributed by atoms with van der Waals surface area (Å²) in [6.07, 6.45) is 5.66. The molecule has 2 aliphatic carbocycles. The predicted octanol–water partition coefficient (Wildman–Crippen LogP) is 1.28. The van der Waals surface area contributed by atoms with Crippen LogP contribution in [-0.2, 0) is 38.0 Å². The molecule has 5 aliphatic heterocycles. The van der Waals surface area contributed by atoms with Crippen molar-refractivity contribution in [3.05, 3.63) is 36.0 Å². The van der Waals surface area contributed by atoms with Crippen molar-refractivity contribution in [3.8, 4) is 0 Å². The van der Waals surface area contributed by atoms with E-state index in [4.69, 9.17) is 28.4 Å². The van der Waals surface area contributed by atoms with Crippen LogP contribution in [0.4, 0.5) is 0 Å². The molecule has 10 nitrogen and oxygen atoms in total. The lowest BCUT2D eigenvalue weighted by Gasteiger charge is -2.58. The highest BCUT2D eigenvalue weighted by Gasteiger charge is 2.83. The van der Waals surface area contributed by atoms with Gasteiger partial charge in [-0.05, 0) is 32.8 Å². The fraction of sp³-hybridized carbons (Fsp3) is 0.724. The van der Waals surface area contributed by atoms with E-state index < -0.39 is 64.0 Å². The van der Waals surface area contributed by atoms with Crippen LogP contribution in [0, 0.1) is 10.8 Å². The van der Waals surface area contributed by atoms with Crippen LogP contribution in [0.3, 0.4) is 0 Å². The van der Waals surface area contributed by atoms with Crippen molar-refractivity contribution in [3.63, 3.8) is 0 Å². The van der Waals surface area contributed by atoms with Crippen LogP contribution < -0.4 is 0 Å². The SMILES string of the molecule is CC1=CC2OC3CC4OC(=O)/C=C\C=CC5(C(C)O)OCCC6(OC6C(=O)OCC2(CC1)C4(C)C31CO1)C5O. The Hall–Kier alpha value is -2.08. The van der Waals surface area contributed by atoms with Crippen LogP contribution in [-0.4, -0.2) is 95.4 Å². The van der Waals surface area contributed by atoms with E-state index in [1.54, 1.807) is 0 Å². The second-order valence-electron chi connectivity index (χ2n) is 12.6. The summed E-state index contributed by atoms with van der Waals surface area (Å²) in [6, 6.07) is 0. The van der Waals surface area contributed by atoms with Gasteiger partial charge in [-0.15, -0.1) is 0 Å². The van der Waals surface area contributed by atoms with Gasteiger partial charge in [0, 0.05) is 24.3 Å². The number of hydrogen-bond acceptors (Lipinski definition) is 10. The molecule has 39 heavy (non-hydrogen) atoms. The average Bonchev–Trinajstić information content (AvgIpc) is 3.81. The van der Waals surface area contributed by atoms with Crippen molar-refractivity contribution in [2.24, 2.45) is 10.8 Å². The third-order valence-corrected chi connectivity index (χ3v) is 11.0. The van der Waals surface area contributed by atoms with Gasteiger partial charge in [0.2, 0.25) is 0 Å². The van der Waals surface area contributed by atoms with Crippen LogP contribution in [0.2, 0.25) is 0 Å². The number of aliphatic hydroxyl groups excluding tert-OH is 2. The highest BCUT2D eigenvalue weighted by atomic mass is 16.7. The lowest BCUT2D eigenvalue weighted by atomic mass is 9.51. The summed E-state index contributed by atoms with van der Waals surface area (Å²) in [5.74, 6) is -1.10. The molecule has 10 heteroatoms. The monoisotopic (exact) mass is 544 g/mol. The van der Waals surface area contributed by atoms with E-state index in [-0.39, 0.29) is 31.8 Å². The first-order chi connectivity index (χ1) is 18.5. The van der Waals surface area contributed by atoms with Crippen LogP contribution in [0.15, 0.2) is 36.0 Å². The second-order valence-corrected chi connectivity index (χ2v) is 12.6. The molecule has 5 heterocycles. The maximum absolute atomic E-state index is 13.5. The molecule has 0 aromatic carbocycles. The highest BCUT2D eigenvalue weighted by molar-refractivity contribution is 5.82. The lowest BCUT2D eigenvalue weighted by Crippen LogP contribution is -2.67. The summed E-state index contributed by atoms with van der Waals surface area (Å²) in [4.78, 5) is 26.6. The highest BCUT2D eigenvalue weighted by Crippen LogP contribution is 2.72. The number of ether oxygens (including phenoxy) is 6. The molecule has 0 radical (unpaired) electrons. The van der Waals surface area contributed by atoms with E-state index in [1.807, 2.05) is 0 Å². The first kappa shape index (κ1) is 25.9. The first-order valence-electron chi connectivity index (χ1n) is 13.9. The Labute approximate surface area is 226 Å². The number of hydrogen-bond donors (Lipinski definition) is 2. The molecule has 11 unspecified atom stereocenters. The number of esters is 2. The van der Waals surface area contributed by atoms with Crippen molar-refractivity contribution in [2.45, 2.75) is 99.9 Å². The molecule has 0 amide bonds. The molecule has 212 valence electrons. The number of carbonyl (C=O) groups excluding carboxylic acids is 2. The van der Waals surface area contributed by atoms with E-state index >= 15 is 0 Å². The molecule has 5 fully saturated rings. The van der Waals surface area contributed by atoms with Gasteiger partial charge in [-0.25, -0.2) is 9.59 Å². The average molecular weight is 545 g/mol. The van der Waals surface area contributed by atoms with Crippen molar-refractivity contribution >= 4 is 11.9 Å². The molecule has 1 saturated carbocycles. The van der Waals surface area contributed by atoms with Gasteiger partial charge in [0.25, 0.3) is 0 Å². The number of carbonyl (C=O) groups is 2. The van der Waals surface area contributed by atoms with Crippen LogP contribution in [0.25, 0.3) is 0 Å². The number of allylic oxidation sites excluding steroid dienone is 3. The van der Waals surface area contributed by atoms with Crippen LogP contribution >= 0.6 is 0 Å². The summed E-state index contributed by atoms with van der Waals surface area (Å²) in [6.45, 7) is 6.35. The van der Waals surface area contributed by atoms with Gasteiger partial charge in [-0.3, -0.25) is 0 Å². The molecule has 0 aromatic heterocycles. The van der Waals surface area contributed by atoms with Gasteiger partial charge in [0.15, 0.2) is 6.10 Å². The Balaban J connectivity index is 1.31. The Kier molecular flexibility index (Phi) is 5.46. The van der Waals surface area contributed by atoms with Crippen LogP contribution in [0.1, 0.15) is 46.5 Å². The Morgan fingerprint density at radius 2 is 1.90 bits per heavy atom. The van der Waals surface area contributed by atoms with Crippen molar-refractivity contribution < 1.29 is 48.2 Å². The number of fused-ring (bicyclic) bond motifs is 1. The zero-order valence-corrected chi connectivity index (χ0v) is 22.5. The Morgan fingerprint density at radius 3 is 2.64 bits per heavy atom. The quantitative estimate of drug-likeness (QED) is 0.282. The van der Waals surface area contributed by atoms with Crippen molar-refractivity contribution in [1.29, 1.82) is 0 Å². The normalized spacial score (nSPS) is 53.6. The molecule has 0 aromatic rings. The molecule has 2 N–H and O–H groups in total. The topological polar surface area (TPSA) is 137 Å². The molecule has 4 bridgehead atoms. The fourth-order valence-electron chi connectivity index (χ4n) is 8.37. The maximum atomic E-state index is 13.5. The van der Waals surface area contributed by atoms with E-state index in [1.165, 1.54) is 36.8 Å². The standard InChI is InChI=1S/C29H36O10/c1-16-7-9-26-14-34-23(32)22-28(39-22)10-11-35-27(17(2)30,24(28)33)8-5-4-6-21(31)38-18-13-20(37-19(26)12-16)29(15-36-29)25(18,26)3/h4-6,8,12,17-20,22,24,30,33H,7,9-11,13-15H2,1-3H3/b6-4-,8-5?. The third-order valence-electron chi connectivity index (χ3n) is 11.0. The van der Waals surface area contributed by atoms with Gasteiger partial charge in [-0.2, -0.15) is 0 Å². The minimum Gasteiger partial charge on any atom is -0.463 e. The number of cyclic esters (lactones) is 1. The van der Waals surface area contributed by atoms with E-state index in [2.05, 4.69) is 19.9 Å². The second kappa shape index (κ2) is 8.24. The van der Waals surface area contributed by atoms with Gasteiger partial charge in [0.05, 0.1) is 36.9 Å². The van der Waals surface area contributed by atoms with E-state index in [0.29, 0.717) is 19.4 Å². The minimum atomic E-state index is -1.53. The Morgan fingerprint density at radius 1 is 1.10 bits per heavy atom. The van der Waals surface area contributed by atoms with Crippen LogP contribution in [0.5, 0.6) is 0 Å². The number of aliphatic hydroxyl groups is 2. The van der Waals surface area contributed by atoms with Crippen molar-refractivity contribution in [1.82, 2.24) is 0 Å². The van der Waals surface area contributed by atoms with Crippen molar-refractivity contribution in [2.75, 3.05) is 19.8 Å². The molecule has 11 atom stereocenters. The summed E-state index contributed by atoms with van der Waals surface area (Å²) in [5, 5.41) is 22.1. The van der Waals surface area contributed by atoms with Gasteiger partial charge in [0.1, 0.15) is 35.6 Å². The molecular formula is C29H36O10.